The van der Waals surface area contributed by atoms with E-state index in [4.69, 9.17) is 0 Å². The number of benzene rings is 1. The molecule has 0 bridgehead atoms. The van der Waals surface area contributed by atoms with Crippen molar-refractivity contribution in [1.82, 2.24) is 0 Å². The molecule has 0 aliphatic carbocycles. The van der Waals surface area contributed by atoms with Crippen LogP contribution >= 0.6 is 27.3 Å². The van der Waals surface area contributed by atoms with Gasteiger partial charge in [-0.2, -0.15) is 0 Å². The Morgan fingerprint density at radius 1 is 1.19 bits per heavy atom. The zero-order valence-corrected chi connectivity index (χ0v) is 11.6. The molecule has 2 aromatic rings. The van der Waals surface area contributed by atoms with Gasteiger partial charge in [0.05, 0.1) is 6.54 Å². The average Bonchev–Trinajstić information content (AvgIpc) is 2.82. The van der Waals surface area contributed by atoms with Gasteiger partial charge in [0.1, 0.15) is 0 Å². The van der Waals surface area contributed by atoms with Crippen LogP contribution in [0.25, 0.3) is 0 Å². The Hall–Kier alpha value is -0.800. The number of nitrogens with zero attached hydrogens (tertiary/aromatic N) is 1. The van der Waals surface area contributed by atoms with Crippen molar-refractivity contribution in [1.29, 1.82) is 0 Å². The fourth-order valence-electron chi connectivity index (χ4n) is 1.57. The Kier molecular flexibility index (Phi) is 4.02. The van der Waals surface area contributed by atoms with Crippen LogP contribution in [0.3, 0.4) is 0 Å². The van der Waals surface area contributed by atoms with E-state index in [1.54, 1.807) is 11.3 Å². The van der Waals surface area contributed by atoms with Gasteiger partial charge in [-0.1, -0.05) is 34.1 Å². The van der Waals surface area contributed by atoms with Crippen LogP contribution in [0.5, 0.6) is 0 Å². The normalized spacial score (nSPS) is 10.4. The molecule has 3 heteroatoms. The van der Waals surface area contributed by atoms with Crippen LogP contribution in [0, 0.1) is 0 Å². The highest BCUT2D eigenvalue weighted by molar-refractivity contribution is 9.08. The van der Waals surface area contributed by atoms with Crippen LogP contribution in [0.15, 0.2) is 41.8 Å². The van der Waals surface area contributed by atoms with E-state index in [0.717, 1.165) is 11.9 Å². The molecule has 0 aliphatic heterocycles. The van der Waals surface area contributed by atoms with E-state index >= 15 is 0 Å². The van der Waals surface area contributed by atoms with Crippen molar-refractivity contribution in [3.63, 3.8) is 0 Å². The van der Waals surface area contributed by atoms with Gasteiger partial charge in [-0.3, -0.25) is 0 Å². The summed E-state index contributed by atoms with van der Waals surface area (Å²) in [5, 5.41) is 3.04. The van der Waals surface area contributed by atoms with E-state index < -0.39 is 0 Å². The van der Waals surface area contributed by atoms with Crippen LogP contribution < -0.4 is 4.90 Å². The molecule has 0 amide bonds. The van der Waals surface area contributed by atoms with Crippen molar-refractivity contribution in [3.8, 4) is 0 Å². The van der Waals surface area contributed by atoms with Crippen LogP contribution in [-0.2, 0) is 11.9 Å². The number of hydrogen-bond acceptors (Lipinski definition) is 2. The molecule has 1 aromatic heterocycles. The summed E-state index contributed by atoms with van der Waals surface area (Å²) in [6, 6.07) is 12.9. The maximum absolute atomic E-state index is 3.46. The first-order valence-corrected chi connectivity index (χ1v) is 7.18. The molecule has 1 heterocycles. The minimum Gasteiger partial charge on any atom is -0.369 e. The molecule has 0 saturated heterocycles. The molecule has 0 saturated carbocycles. The van der Waals surface area contributed by atoms with Crippen LogP contribution in [-0.4, -0.2) is 7.05 Å². The van der Waals surface area contributed by atoms with Gasteiger partial charge in [0.15, 0.2) is 0 Å². The summed E-state index contributed by atoms with van der Waals surface area (Å²) in [5.41, 5.74) is 2.58. The Balaban J connectivity index is 2.05. The summed E-state index contributed by atoms with van der Waals surface area (Å²) in [6.07, 6.45) is 0. The van der Waals surface area contributed by atoms with Gasteiger partial charge in [-0.05, 0) is 29.1 Å². The molecular weight excluding hydrogens is 282 g/mol. The fourth-order valence-corrected chi connectivity index (χ4v) is 2.70. The molecule has 2 rings (SSSR count). The molecule has 0 spiro atoms. The van der Waals surface area contributed by atoms with Crippen molar-refractivity contribution in [2.24, 2.45) is 0 Å². The fraction of sp³-hybridized carbons (Fsp3) is 0.231. The number of halogens is 1. The predicted octanol–water partition coefficient (Wildman–Crippen LogP) is 4.28. The zero-order valence-electron chi connectivity index (χ0n) is 9.19. The van der Waals surface area contributed by atoms with E-state index in [2.05, 4.69) is 69.7 Å². The largest absolute Gasteiger partial charge is 0.369 e. The predicted molar refractivity (Wildman–Crippen MR) is 75.5 cm³/mol. The molecule has 0 atom stereocenters. The van der Waals surface area contributed by atoms with E-state index in [-0.39, 0.29) is 0 Å². The molecule has 1 aromatic carbocycles. The molecule has 0 unspecified atom stereocenters. The summed E-state index contributed by atoms with van der Waals surface area (Å²) >= 11 is 5.26. The molecule has 0 fully saturated rings. The van der Waals surface area contributed by atoms with Crippen LogP contribution in [0.1, 0.15) is 10.4 Å². The second-order valence-electron chi connectivity index (χ2n) is 3.74. The Morgan fingerprint density at radius 2 is 1.94 bits per heavy atom. The highest BCUT2D eigenvalue weighted by Gasteiger charge is 2.02. The Morgan fingerprint density at radius 3 is 2.50 bits per heavy atom. The summed E-state index contributed by atoms with van der Waals surface area (Å²) in [5.74, 6) is 0. The van der Waals surface area contributed by atoms with Gasteiger partial charge >= 0.3 is 0 Å². The highest BCUT2D eigenvalue weighted by Crippen LogP contribution is 2.19. The van der Waals surface area contributed by atoms with Gasteiger partial charge in [0, 0.05) is 22.9 Å². The molecule has 16 heavy (non-hydrogen) atoms. The van der Waals surface area contributed by atoms with E-state index in [1.807, 2.05) is 0 Å². The zero-order chi connectivity index (χ0) is 11.4. The van der Waals surface area contributed by atoms with Gasteiger partial charge in [0.25, 0.3) is 0 Å². The summed E-state index contributed by atoms with van der Waals surface area (Å²) in [7, 11) is 2.13. The first kappa shape index (κ1) is 11.7. The molecule has 1 nitrogen and oxygen atoms in total. The Labute approximate surface area is 109 Å². The van der Waals surface area contributed by atoms with Gasteiger partial charge in [-0.15, -0.1) is 11.3 Å². The standard InChI is InChI=1S/C13H14BrNS/c1-15(10-13-3-2-8-16-13)12-6-4-11(9-14)5-7-12/h2-8H,9-10H2,1H3. The lowest BCUT2D eigenvalue weighted by molar-refractivity contribution is 0.940. The van der Waals surface area contributed by atoms with Crippen molar-refractivity contribution in [2.45, 2.75) is 11.9 Å². The maximum Gasteiger partial charge on any atom is 0.0519 e. The van der Waals surface area contributed by atoms with Crippen molar-refractivity contribution in [2.75, 3.05) is 11.9 Å². The molecule has 84 valence electrons. The summed E-state index contributed by atoms with van der Waals surface area (Å²) in [6.45, 7) is 0.978. The second kappa shape index (κ2) is 5.51. The third-order valence-electron chi connectivity index (χ3n) is 2.50. The number of thiophene rings is 1. The maximum atomic E-state index is 3.46. The van der Waals surface area contributed by atoms with E-state index in [1.165, 1.54) is 16.1 Å². The lowest BCUT2D eigenvalue weighted by Gasteiger charge is -2.18. The molecule has 0 radical (unpaired) electrons. The number of hydrogen-bond donors (Lipinski definition) is 0. The van der Waals surface area contributed by atoms with Gasteiger partial charge in [-0.25, -0.2) is 0 Å². The van der Waals surface area contributed by atoms with Crippen LogP contribution in [0.4, 0.5) is 5.69 Å². The van der Waals surface area contributed by atoms with Gasteiger partial charge in [0.2, 0.25) is 0 Å². The smallest absolute Gasteiger partial charge is 0.0519 e. The number of alkyl halides is 1. The highest BCUT2D eigenvalue weighted by atomic mass is 79.9. The molecular formula is C13H14BrNS. The van der Waals surface area contributed by atoms with Crippen molar-refractivity contribution < 1.29 is 0 Å². The first-order chi connectivity index (χ1) is 7.79. The topological polar surface area (TPSA) is 3.24 Å². The second-order valence-corrected chi connectivity index (χ2v) is 5.33. The lowest BCUT2D eigenvalue weighted by atomic mass is 10.2. The van der Waals surface area contributed by atoms with E-state index in [0.29, 0.717) is 0 Å². The third-order valence-corrected chi connectivity index (χ3v) is 4.01. The minimum absolute atomic E-state index is 0.919. The lowest BCUT2D eigenvalue weighted by Crippen LogP contribution is -2.15. The van der Waals surface area contributed by atoms with E-state index in [9.17, 15) is 0 Å². The first-order valence-electron chi connectivity index (χ1n) is 5.18. The summed E-state index contributed by atoms with van der Waals surface area (Å²) in [4.78, 5) is 3.66. The number of rotatable bonds is 4. The summed E-state index contributed by atoms with van der Waals surface area (Å²) < 4.78 is 0. The minimum atomic E-state index is 0.919. The van der Waals surface area contributed by atoms with Crippen molar-refractivity contribution >= 4 is 33.0 Å². The van der Waals surface area contributed by atoms with Gasteiger partial charge < -0.3 is 4.90 Å². The van der Waals surface area contributed by atoms with Crippen molar-refractivity contribution in [3.05, 3.63) is 52.2 Å². The Bertz CT molecular complexity index is 422. The SMILES string of the molecule is CN(Cc1cccs1)c1ccc(CBr)cc1. The third kappa shape index (κ3) is 2.86. The molecule has 0 N–H and O–H groups in total. The van der Waals surface area contributed by atoms with Crippen LogP contribution in [0.2, 0.25) is 0 Å². The quantitative estimate of drug-likeness (QED) is 0.761. The number of anilines is 1. The monoisotopic (exact) mass is 295 g/mol. The molecule has 0 aliphatic rings. The average molecular weight is 296 g/mol.